The van der Waals surface area contributed by atoms with Crippen LogP contribution < -0.4 is 0 Å². The second kappa shape index (κ2) is 4.24. The van der Waals surface area contributed by atoms with Gasteiger partial charge >= 0.3 is 0 Å². The van der Waals surface area contributed by atoms with Crippen LogP contribution in [-0.4, -0.2) is 15.8 Å². The monoisotopic (exact) mass is 236 g/mol. The lowest BCUT2D eigenvalue weighted by Crippen LogP contribution is -1.95. The second-order valence-corrected chi connectivity index (χ2v) is 4.53. The third-order valence-electron chi connectivity index (χ3n) is 2.29. The molecule has 0 fully saturated rings. The summed E-state index contributed by atoms with van der Waals surface area (Å²) in [5.41, 5.74) is 2.23. The first-order chi connectivity index (χ1) is 7.22. The van der Waals surface area contributed by atoms with E-state index in [1.807, 2.05) is 17.7 Å². The number of aryl methyl sites for hydroxylation is 1. The van der Waals surface area contributed by atoms with E-state index in [0.29, 0.717) is 0 Å². The van der Waals surface area contributed by atoms with E-state index in [1.54, 1.807) is 11.8 Å². The zero-order valence-corrected chi connectivity index (χ0v) is 10.3. The van der Waals surface area contributed by atoms with E-state index in [4.69, 9.17) is 12.2 Å². The van der Waals surface area contributed by atoms with Gasteiger partial charge in [-0.25, -0.2) is 0 Å². The van der Waals surface area contributed by atoms with Gasteiger partial charge < -0.3 is 4.98 Å². The fourth-order valence-corrected chi connectivity index (χ4v) is 2.22. The van der Waals surface area contributed by atoms with Crippen LogP contribution in [0.3, 0.4) is 0 Å². The number of benzene rings is 1. The minimum Gasteiger partial charge on any atom is -0.337 e. The first-order valence-corrected chi connectivity index (χ1v) is 6.27. The number of hydrogen-bond acceptors (Lipinski definition) is 2. The summed E-state index contributed by atoms with van der Waals surface area (Å²) in [5, 5.41) is 0. The van der Waals surface area contributed by atoms with Crippen LogP contribution in [0.2, 0.25) is 0 Å². The molecule has 15 heavy (non-hydrogen) atoms. The Labute approximate surface area is 98.3 Å². The van der Waals surface area contributed by atoms with Crippen molar-refractivity contribution in [2.45, 2.75) is 11.8 Å². The predicted octanol–water partition coefficient (Wildman–Crippen LogP) is 3.57. The molecule has 1 N–H and O–H groups in total. The van der Waals surface area contributed by atoms with Crippen molar-refractivity contribution in [1.82, 2.24) is 9.55 Å². The number of aromatic nitrogens is 2. The van der Waals surface area contributed by atoms with Crippen LogP contribution in [0.5, 0.6) is 0 Å². The van der Waals surface area contributed by atoms with E-state index in [9.17, 15) is 0 Å². The average molecular weight is 236 g/mol. The number of thioether (sulfide) groups is 1. The van der Waals surface area contributed by atoms with Crippen molar-refractivity contribution in [3.05, 3.63) is 40.9 Å². The Hall–Kier alpha value is -1.00. The molecule has 1 heterocycles. The lowest BCUT2D eigenvalue weighted by atomic mass is 10.3. The number of H-pyrrole nitrogens is 1. The van der Waals surface area contributed by atoms with Gasteiger partial charge in [-0.1, -0.05) is 0 Å². The molecule has 2 aromatic rings. The van der Waals surface area contributed by atoms with Gasteiger partial charge in [0.15, 0.2) is 4.77 Å². The van der Waals surface area contributed by atoms with Crippen LogP contribution in [-0.2, 0) is 0 Å². The molecule has 0 bridgehead atoms. The summed E-state index contributed by atoms with van der Waals surface area (Å²) < 4.78 is 2.77. The zero-order valence-electron chi connectivity index (χ0n) is 8.65. The van der Waals surface area contributed by atoms with Crippen molar-refractivity contribution in [3.63, 3.8) is 0 Å². The highest BCUT2D eigenvalue weighted by atomic mass is 32.2. The lowest BCUT2D eigenvalue weighted by molar-refractivity contribution is 0.982. The smallest absolute Gasteiger partial charge is 0.182 e. The fraction of sp³-hybridized carbons (Fsp3) is 0.182. The molecule has 0 spiro atoms. The van der Waals surface area contributed by atoms with Crippen LogP contribution >= 0.6 is 24.0 Å². The SMILES string of the molecule is CSc1ccc(-n2c(C)c[nH]c2=S)cc1. The molecule has 0 aliphatic carbocycles. The topological polar surface area (TPSA) is 20.7 Å². The van der Waals surface area contributed by atoms with E-state index in [1.165, 1.54) is 4.90 Å². The fourth-order valence-electron chi connectivity index (χ4n) is 1.51. The molecule has 2 rings (SSSR count). The Morgan fingerprint density at radius 2 is 1.93 bits per heavy atom. The summed E-state index contributed by atoms with van der Waals surface area (Å²) in [6, 6.07) is 8.38. The number of aromatic amines is 1. The maximum atomic E-state index is 5.22. The highest BCUT2D eigenvalue weighted by Crippen LogP contribution is 2.18. The maximum absolute atomic E-state index is 5.22. The molecule has 1 aromatic heterocycles. The van der Waals surface area contributed by atoms with E-state index < -0.39 is 0 Å². The van der Waals surface area contributed by atoms with Crippen molar-refractivity contribution >= 4 is 24.0 Å². The van der Waals surface area contributed by atoms with Crippen LogP contribution in [0.15, 0.2) is 35.4 Å². The number of nitrogens with one attached hydrogen (secondary N) is 1. The van der Waals surface area contributed by atoms with Crippen LogP contribution in [0.25, 0.3) is 5.69 Å². The van der Waals surface area contributed by atoms with E-state index >= 15 is 0 Å². The van der Waals surface area contributed by atoms with Crippen molar-refractivity contribution in [3.8, 4) is 5.69 Å². The van der Waals surface area contributed by atoms with Gasteiger partial charge in [-0.05, 0) is 49.7 Å². The van der Waals surface area contributed by atoms with Crippen molar-refractivity contribution in [1.29, 1.82) is 0 Å². The zero-order chi connectivity index (χ0) is 10.8. The second-order valence-electron chi connectivity index (χ2n) is 3.27. The summed E-state index contributed by atoms with van der Waals surface area (Å²) in [6.45, 7) is 2.04. The third-order valence-corrected chi connectivity index (χ3v) is 3.33. The Kier molecular flexibility index (Phi) is 2.98. The molecular weight excluding hydrogens is 224 g/mol. The molecule has 0 atom stereocenters. The van der Waals surface area contributed by atoms with Gasteiger partial charge in [0, 0.05) is 22.5 Å². The highest BCUT2D eigenvalue weighted by Gasteiger charge is 2.01. The van der Waals surface area contributed by atoms with Gasteiger partial charge in [-0.2, -0.15) is 0 Å². The highest BCUT2D eigenvalue weighted by molar-refractivity contribution is 7.98. The van der Waals surface area contributed by atoms with Crippen molar-refractivity contribution < 1.29 is 0 Å². The summed E-state index contributed by atoms with van der Waals surface area (Å²) >= 11 is 6.96. The minimum absolute atomic E-state index is 0.740. The van der Waals surface area contributed by atoms with E-state index in [2.05, 4.69) is 35.5 Å². The molecular formula is C11H12N2S2. The quantitative estimate of drug-likeness (QED) is 0.635. The molecule has 0 saturated heterocycles. The first kappa shape index (κ1) is 10.5. The Morgan fingerprint density at radius 3 is 2.40 bits per heavy atom. The summed E-state index contributed by atoms with van der Waals surface area (Å²) in [4.78, 5) is 4.30. The van der Waals surface area contributed by atoms with Gasteiger partial charge in [-0.3, -0.25) is 4.57 Å². The first-order valence-electron chi connectivity index (χ1n) is 4.64. The van der Waals surface area contributed by atoms with E-state index in [-0.39, 0.29) is 0 Å². The Bertz CT molecular complexity index is 508. The van der Waals surface area contributed by atoms with Crippen molar-refractivity contribution in [2.24, 2.45) is 0 Å². The molecule has 0 unspecified atom stereocenters. The summed E-state index contributed by atoms with van der Waals surface area (Å²) in [6.07, 6.45) is 3.99. The normalized spacial score (nSPS) is 10.5. The molecule has 0 aliphatic rings. The Balaban J connectivity index is 2.50. The van der Waals surface area contributed by atoms with Gasteiger partial charge in [-0.15, -0.1) is 11.8 Å². The maximum Gasteiger partial charge on any atom is 0.182 e. The average Bonchev–Trinajstić information content (AvgIpc) is 2.59. The molecule has 0 amide bonds. The van der Waals surface area contributed by atoms with Crippen LogP contribution in [0.4, 0.5) is 0 Å². The summed E-state index contributed by atoms with van der Waals surface area (Å²) in [7, 11) is 0. The van der Waals surface area contributed by atoms with Crippen LogP contribution in [0, 0.1) is 11.7 Å². The lowest BCUT2D eigenvalue weighted by Gasteiger charge is -2.05. The van der Waals surface area contributed by atoms with Gasteiger partial charge in [0.05, 0.1) is 0 Å². The van der Waals surface area contributed by atoms with Crippen molar-refractivity contribution in [2.75, 3.05) is 6.26 Å². The number of rotatable bonds is 2. The molecule has 2 nitrogen and oxygen atoms in total. The Morgan fingerprint density at radius 1 is 1.27 bits per heavy atom. The molecule has 0 aliphatic heterocycles. The van der Waals surface area contributed by atoms with E-state index in [0.717, 1.165) is 16.2 Å². The molecule has 78 valence electrons. The van der Waals surface area contributed by atoms with Gasteiger partial charge in [0.1, 0.15) is 0 Å². The summed E-state index contributed by atoms with van der Waals surface area (Å²) in [5.74, 6) is 0. The number of imidazole rings is 1. The van der Waals surface area contributed by atoms with Crippen LogP contribution in [0.1, 0.15) is 5.69 Å². The largest absolute Gasteiger partial charge is 0.337 e. The third kappa shape index (κ3) is 2.01. The molecule has 1 aromatic carbocycles. The van der Waals surface area contributed by atoms with Gasteiger partial charge in [0.2, 0.25) is 0 Å². The predicted molar refractivity (Wildman–Crippen MR) is 67.5 cm³/mol. The number of nitrogens with zero attached hydrogens (tertiary/aromatic N) is 1. The van der Waals surface area contributed by atoms with Gasteiger partial charge in [0.25, 0.3) is 0 Å². The molecule has 0 radical (unpaired) electrons. The molecule has 0 saturated carbocycles. The standard InChI is InChI=1S/C11H12N2S2/c1-8-7-12-11(14)13(8)9-3-5-10(15-2)6-4-9/h3-7H,1-2H3,(H,12,14). The minimum atomic E-state index is 0.740. The number of hydrogen-bond donors (Lipinski definition) is 1. The molecule has 4 heteroatoms.